The third-order valence-electron chi connectivity index (χ3n) is 7.81. The van der Waals surface area contributed by atoms with E-state index in [0.717, 1.165) is 72.0 Å². The van der Waals surface area contributed by atoms with Crippen molar-refractivity contribution in [2.75, 3.05) is 40.4 Å². The zero-order valence-electron chi connectivity index (χ0n) is 20.2. The van der Waals surface area contributed by atoms with Gasteiger partial charge >= 0.3 is 0 Å². The monoisotopic (exact) mass is 439 g/mol. The third-order valence-corrected chi connectivity index (χ3v) is 7.81. The smallest absolute Gasteiger partial charge is 0.253 e. The number of methoxy groups -OCH3 is 2. The van der Waals surface area contributed by atoms with Crippen molar-refractivity contribution in [3.8, 4) is 22.6 Å². The number of aromatic nitrogens is 1. The van der Waals surface area contributed by atoms with Crippen LogP contribution in [-0.4, -0.2) is 49.9 Å². The molecule has 1 spiro atoms. The zero-order chi connectivity index (χ0) is 22.9. The molecule has 6 nitrogen and oxygen atoms in total. The molecule has 0 radical (unpaired) electrons. The van der Waals surface area contributed by atoms with Gasteiger partial charge in [0.15, 0.2) is 0 Å². The molecule has 2 fully saturated rings. The molecule has 6 heteroatoms. The Morgan fingerprint density at radius 1 is 0.969 bits per heavy atom. The number of aryl methyl sites for hydroxylation is 1. The van der Waals surface area contributed by atoms with Crippen LogP contribution in [0.4, 0.5) is 0 Å². The Bertz CT molecular complexity index is 1000. The number of benzene rings is 1. The maximum Gasteiger partial charge on any atom is 0.253 e. The van der Waals surface area contributed by atoms with Crippen molar-refractivity contribution in [1.29, 1.82) is 0 Å². The minimum absolute atomic E-state index is 0.0402. The first-order chi connectivity index (χ1) is 15.4. The summed E-state index contributed by atoms with van der Waals surface area (Å²) in [6.07, 6.45) is 7.06. The number of likely N-dealkylation sites (tertiary alicyclic amines) is 1. The summed E-state index contributed by atoms with van der Waals surface area (Å²) < 4.78 is 13.3. The van der Waals surface area contributed by atoms with E-state index in [9.17, 15) is 4.79 Å². The van der Waals surface area contributed by atoms with E-state index in [1.165, 1.54) is 25.7 Å². The Labute approximate surface area is 191 Å². The molecule has 1 N–H and O–H groups in total. The second-order valence-corrected chi connectivity index (χ2v) is 9.59. The molecule has 2 saturated heterocycles. The summed E-state index contributed by atoms with van der Waals surface area (Å²) in [5, 5.41) is 3.50. The van der Waals surface area contributed by atoms with Gasteiger partial charge in [0.25, 0.3) is 5.56 Å². The van der Waals surface area contributed by atoms with Gasteiger partial charge in [0.2, 0.25) is 0 Å². The number of nitrogens with zero attached hydrogens (tertiary/aromatic N) is 2. The van der Waals surface area contributed by atoms with E-state index in [2.05, 4.69) is 22.3 Å². The lowest BCUT2D eigenvalue weighted by Gasteiger charge is -2.44. The Balaban J connectivity index is 1.61. The van der Waals surface area contributed by atoms with Gasteiger partial charge in [-0.05, 0) is 94.4 Å². The van der Waals surface area contributed by atoms with E-state index in [1.807, 2.05) is 20.0 Å². The van der Waals surface area contributed by atoms with Crippen molar-refractivity contribution in [3.05, 3.63) is 45.4 Å². The topological polar surface area (TPSA) is 55.7 Å². The van der Waals surface area contributed by atoms with Gasteiger partial charge in [-0.2, -0.15) is 0 Å². The van der Waals surface area contributed by atoms with E-state index in [-0.39, 0.29) is 5.56 Å². The number of pyridine rings is 1. The molecule has 4 rings (SSSR count). The minimum atomic E-state index is 0.0402. The molecule has 2 aliphatic heterocycles. The van der Waals surface area contributed by atoms with Crippen LogP contribution in [0.1, 0.15) is 42.4 Å². The van der Waals surface area contributed by atoms with Gasteiger partial charge in [-0.3, -0.25) is 9.69 Å². The Kier molecular flexibility index (Phi) is 6.63. The molecule has 3 heterocycles. The summed E-state index contributed by atoms with van der Waals surface area (Å²) in [6.45, 7) is 9.27. The van der Waals surface area contributed by atoms with Crippen LogP contribution >= 0.6 is 0 Å². The molecule has 0 aliphatic carbocycles. The molecule has 0 bridgehead atoms. The first-order valence-electron chi connectivity index (χ1n) is 11.7. The normalized spacial score (nSPS) is 18.7. The molecule has 2 aliphatic rings. The maximum absolute atomic E-state index is 12.3. The van der Waals surface area contributed by atoms with Gasteiger partial charge in [-0.15, -0.1) is 0 Å². The van der Waals surface area contributed by atoms with Crippen molar-refractivity contribution in [2.24, 2.45) is 12.5 Å². The molecule has 32 heavy (non-hydrogen) atoms. The largest absolute Gasteiger partial charge is 0.496 e. The number of hydrogen-bond acceptors (Lipinski definition) is 5. The van der Waals surface area contributed by atoms with Crippen LogP contribution in [0.15, 0.2) is 23.1 Å². The maximum atomic E-state index is 12.3. The van der Waals surface area contributed by atoms with Gasteiger partial charge in [-0.1, -0.05) is 0 Å². The van der Waals surface area contributed by atoms with Crippen LogP contribution in [0.5, 0.6) is 11.5 Å². The number of nitrogens with one attached hydrogen (secondary N) is 1. The fraction of sp³-hybridized carbons (Fsp3) is 0.577. The van der Waals surface area contributed by atoms with E-state index < -0.39 is 0 Å². The average molecular weight is 440 g/mol. The predicted octanol–water partition coefficient (Wildman–Crippen LogP) is 3.65. The van der Waals surface area contributed by atoms with Crippen molar-refractivity contribution >= 4 is 0 Å². The highest BCUT2D eigenvalue weighted by atomic mass is 16.5. The summed E-state index contributed by atoms with van der Waals surface area (Å²) in [6, 6.07) is 4.17. The second kappa shape index (κ2) is 9.28. The summed E-state index contributed by atoms with van der Waals surface area (Å²) in [5.41, 5.74) is 5.47. The molecule has 0 saturated carbocycles. The van der Waals surface area contributed by atoms with E-state index in [4.69, 9.17) is 9.47 Å². The van der Waals surface area contributed by atoms with E-state index >= 15 is 0 Å². The van der Waals surface area contributed by atoms with Gasteiger partial charge in [0, 0.05) is 30.9 Å². The van der Waals surface area contributed by atoms with Crippen molar-refractivity contribution in [2.45, 2.75) is 46.1 Å². The molecular formula is C26H37N3O3. The summed E-state index contributed by atoms with van der Waals surface area (Å²) in [5.74, 6) is 1.68. The number of rotatable bonds is 5. The van der Waals surface area contributed by atoms with Crippen molar-refractivity contribution in [3.63, 3.8) is 0 Å². The lowest BCUT2D eigenvalue weighted by atomic mass is 9.71. The fourth-order valence-electron chi connectivity index (χ4n) is 5.43. The molecule has 0 atom stereocenters. The second-order valence-electron chi connectivity index (χ2n) is 9.59. The first-order valence-corrected chi connectivity index (χ1v) is 11.7. The van der Waals surface area contributed by atoms with Crippen LogP contribution in [-0.2, 0) is 13.6 Å². The van der Waals surface area contributed by atoms with Gasteiger partial charge in [0.05, 0.1) is 19.8 Å². The fourth-order valence-corrected chi connectivity index (χ4v) is 5.43. The van der Waals surface area contributed by atoms with Crippen molar-refractivity contribution < 1.29 is 9.47 Å². The molecule has 1 aromatic carbocycles. The first kappa shape index (κ1) is 22.9. The Hall–Kier alpha value is -2.31. The average Bonchev–Trinajstić information content (AvgIpc) is 2.82. The molecule has 174 valence electrons. The molecule has 0 amide bonds. The number of hydrogen-bond donors (Lipinski definition) is 1. The van der Waals surface area contributed by atoms with Crippen molar-refractivity contribution in [1.82, 2.24) is 14.8 Å². The number of piperidine rings is 2. The molecule has 1 aromatic heterocycles. The Morgan fingerprint density at radius 2 is 1.56 bits per heavy atom. The quantitative estimate of drug-likeness (QED) is 0.771. The summed E-state index contributed by atoms with van der Waals surface area (Å²) >= 11 is 0. The van der Waals surface area contributed by atoms with Crippen LogP contribution < -0.4 is 20.3 Å². The summed E-state index contributed by atoms with van der Waals surface area (Å²) in [4.78, 5) is 14.8. The molecule has 0 unspecified atom stereocenters. The lowest BCUT2D eigenvalue weighted by Crippen LogP contribution is -2.45. The van der Waals surface area contributed by atoms with Gasteiger partial charge in [0.1, 0.15) is 11.5 Å². The SMILES string of the molecule is COc1cc(-c2cn(C)c(=O)c(C)c2C)cc(OC)c1CN1CCC2(CCNCC2)CC1. The number of ether oxygens (including phenoxy) is 2. The van der Waals surface area contributed by atoms with Crippen LogP contribution in [0, 0.1) is 19.3 Å². The van der Waals surface area contributed by atoms with Gasteiger partial charge in [-0.25, -0.2) is 0 Å². The van der Waals surface area contributed by atoms with Crippen LogP contribution in [0.25, 0.3) is 11.1 Å². The highest BCUT2D eigenvalue weighted by Gasteiger charge is 2.35. The van der Waals surface area contributed by atoms with E-state index in [0.29, 0.717) is 5.41 Å². The van der Waals surface area contributed by atoms with Crippen LogP contribution in [0.2, 0.25) is 0 Å². The third kappa shape index (κ3) is 4.30. The molecule has 2 aromatic rings. The van der Waals surface area contributed by atoms with Gasteiger partial charge < -0.3 is 19.4 Å². The predicted molar refractivity (Wildman–Crippen MR) is 129 cm³/mol. The highest BCUT2D eigenvalue weighted by molar-refractivity contribution is 5.72. The van der Waals surface area contributed by atoms with E-state index in [1.54, 1.807) is 25.8 Å². The van der Waals surface area contributed by atoms with Crippen LogP contribution in [0.3, 0.4) is 0 Å². The molecular weight excluding hydrogens is 402 g/mol. The Morgan fingerprint density at radius 3 is 2.12 bits per heavy atom. The lowest BCUT2D eigenvalue weighted by molar-refractivity contribution is 0.0693. The highest BCUT2D eigenvalue weighted by Crippen LogP contribution is 2.41. The zero-order valence-corrected chi connectivity index (χ0v) is 20.2. The summed E-state index contributed by atoms with van der Waals surface area (Å²) in [7, 11) is 5.24. The standard InChI is InChI=1S/C26H37N3O3/c1-18-19(2)25(30)28(3)16-21(18)20-14-23(31-4)22(24(15-20)32-5)17-29-12-8-26(9-13-29)6-10-27-11-7-26/h14-16,27H,6-13,17H2,1-5H3. The minimum Gasteiger partial charge on any atom is -0.496 e.